The summed E-state index contributed by atoms with van der Waals surface area (Å²) in [4.78, 5) is 21.4. The Balaban J connectivity index is 1.96. The van der Waals surface area contributed by atoms with Crippen LogP contribution in [0.15, 0.2) is 12.2 Å². The van der Waals surface area contributed by atoms with E-state index in [1.165, 1.54) is 19.8 Å². The van der Waals surface area contributed by atoms with Crippen molar-refractivity contribution in [1.29, 1.82) is 0 Å². The van der Waals surface area contributed by atoms with Gasteiger partial charge < -0.3 is 4.74 Å². The molecule has 0 aromatic rings. The Morgan fingerprint density at radius 1 is 1.43 bits per heavy atom. The van der Waals surface area contributed by atoms with Gasteiger partial charge in [-0.05, 0) is 32.1 Å². The minimum Gasteiger partial charge on any atom is -0.465 e. The smallest absolute Gasteiger partial charge is 0.313 e. The molecule has 78 valence electrons. The molecule has 0 amide bonds. The van der Waals surface area contributed by atoms with Gasteiger partial charge in [0.2, 0.25) is 0 Å². The van der Waals surface area contributed by atoms with E-state index in [4.69, 9.17) is 4.74 Å². The summed E-state index contributed by atoms with van der Waals surface area (Å²) in [6, 6.07) is 0. The summed E-state index contributed by atoms with van der Waals surface area (Å²) in [6.45, 7) is 1.77. The first-order chi connectivity index (χ1) is 6.68. The van der Waals surface area contributed by atoms with Gasteiger partial charge in [0.05, 0.1) is 6.61 Å². The largest absolute Gasteiger partial charge is 0.465 e. The highest BCUT2D eigenvalue weighted by atomic mass is 16.5. The molecule has 1 aliphatic carbocycles. The molecule has 0 unspecified atom stereocenters. The normalized spacial score (nSPS) is 15.8. The van der Waals surface area contributed by atoms with Crippen molar-refractivity contribution in [3.8, 4) is 0 Å². The van der Waals surface area contributed by atoms with Gasteiger partial charge in [0.15, 0.2) is 0 Å². The van der Waals surface area contributed by atoms with E-state index in [9.17, 15) is 9.59 Å². The quantitative estimate of drug-likeness (QED) is 0.282. The van der Waals surface area contributed by atoms with Crippen LogP contribution < -0.4 is 0 Å². The zero-order valence-electron chi connectivity index (χ0n) is 8.49. The molecule has 1 aliphatic rings. The van der Waals surface area contributed by atoms with Gasteiger partial charge in [-0.15, -0.1) is 0 Å². The molecule has 0 radical (unpaired) electrons. The summed E-state index contributed by atoms with van der Waals surface area (Å²) in [7, 11) is 0. The van der Waals surface area contributed by atoms with Crippen LogP contribution in [0.5, 0.6) is 0 Å². The van der Waals surface area contributed by atoms with Gasteiger partial charge in [0, 0.05) is 0 Å². The van der Waals surface area contributed by atoms with Crippen LogP contribution in [0, 0.1) is 5.92 Å². The number of carbonyl (C=O) groups excluding carboxylic acids is 2. The second-order valence-corrected chi connectivity index (χ2v) is 3.65. The minimum absolute atomic E-state index is 0.105. The molecular weight excluding hydrogens is 180 g/mol. The van der Waals surface area contributed by atoms with Crippen molar-refractivity contribution in [1.82, 2.24) is 0 Å². The standard InChI is InChI=1S/C11H16O3/c1-9(12)8-11(13)14-7-3-2-4-10-5-6-10/h2,4,10H,3,5-8H2,1H3. The molecule has 1 rings (SSSR count). The van der Waals surface area contributed by atoms with Crippen molar-refractivity contribution in [2.24, 2.45) is 5.92 Å². The van der Waals surface area contributed by atoms with Crippen LogP contribution in [0.25, 0.3) is 0 Å². The highest BCUT2D eigenvalue weighted by Gasteiger charge is 2.16. The number of rotatable bonds is 6. The van der Waals surface area contributed by atoms with Gasteiger partial charge in [-0.3, -0.25) is 9.59 Å². The Hall–Kier alpha value is -1.12. The summed E-state index contributed by atoms with van der Waals surface area (Å²) >= 11 is 0. The molecule has 1 saturated carbocycles. The first-order valence-corrected chi connectivity index (χ1v) is 5.00. The number of allylic oxidation sites excluding steroid dienone is 1. The average Bonchev–Trinajstić information content (AvgIpc) is 2.86. The van der Waals surface area contributed by atoms with Gasteiger partial charge in [-0.2, -0.15) is 0 Å². The van der Waals surface area contributed by atoms with E-state index < -0.39 is 5.97 Å². The number of ether oxygens (including phenoxy) is 1. The predicted octanol–water partition coefficient (Wildman–Crippen LogP) is 1.86. The summed E-state index contributed by atoms with van der Waals surface area (Å²) in [5.74, 6) is 0.198. The lowest BCUT2D eigenvalue weighted by atomic mass is 10.3. The van der Waals surface area contributed by atoms with Crippen LogP contribution in [0.1, 0.15) is 32.6 Å². The second-order valence-electron chi connectivity index (χ2n) is 3.65. The van der Waals surface area contributed by atoms with Gasteiger partial charge >= 0.3 is 5.97 Å². The third-order valence-electron chi connectivity index (χ3n) is 1.97. The van der Waals surface area contributed by atoms with Crippen molar-refractivity contribution in [2.45, 2.75) is 32.6 Å². The minimum atomic E-state index is -0.419. The highest BCUT2D eigenvalue weighted by Crippen LogP contribution is 2.30. The zero-order chi connectivity index (χ0) is 10.4. The van der Waals surface area contributed by atoms with E-state index in [0.29, 0.717) is 6.61 Å². The van der Waals surface area contributed by atoms with Crippen molar-refractivity contribution < 1.29 is 14.3 Å². The molecule has 0 N–H and O–H groups in total. The molecule has 3 nitrogen and oxygen atoms in total. The molecule has 14 heavy (non-hydrogen) atoms. The first-order valence-electron chi connectivity index (χ1n) is 5.00. The number of ketones is 1. The van der Waals surface area contributed by atoms with Gasteiger partial charge in [0.25, 0.3) is 0 Å². The van der Waals surface area contributed by atoms with E-state index in [0.717, 1.165) is 12.3 Å². The van der Waals surface area contributed by atoms with E-state index in [1.807, 2.05) is 6.08 Å². The van der Waals surface area contributed by atoms with Gasteiger partial charge in [0.1, 0.15) is 12.2 Å². The maximum absolute atomic E-state index is 10.9. The fourth-order valence-electron chi connectivity index (χ4n) is 1.07. The molecule has 0 atom stereocenters. The van der Waals surface area contributed by atoms with Crippen LogP contribution in [0.2, 0.25) is 0 Å². The third-order valence-corrected chi connectivity index (χ3v) is 1.97. The molecule has 0 spiro atoms. The van der Waals surface area contributed by atoms with Crippen molar-refractivity contribution in [2.75, 3.05) is 6.61 Å². The maximum Gasteiger partial charge on any atom is 0.313 e. The Bertz CT molecular complexity index is 239. The topological polar surface area (TPSA) is 43.4 Å². The van der Waals surface area contributed by atoms with E-state index >= 15 is 0 Å². The van der Waals surface area contributed by atoms with E-state index in [1.54, 1.807) is 0 Å². The monoisotopic (exact) mass is 196 g/mol. The Morgan fingerprint density at radius 2 is 2.14 bits per heavy atom. The van der Waals surface area contributed by atoms with Gasteiger partial charge in [-0.1, -0.05) is 12.2 Å². The molecule has 0 saturated heterocycles. The highest BCUT2D eigenvalue weighted by molar-refractivity contribution is 5.94. The Kier molecular flexibility index (Phi) is 4.36. The molecular formula is C11H16O3. The van der Waals surface area contributed by atoms with Crippen LogP contribution in [-0.2, 0) is 14.3 Å². The molecule has 0 aliphatic heterocycles. The lowest BCUT2D eigenvalue weighted by Crippen LogP contribution is -2.09. The summed E-state index contributed by atoms with van der Waals surface area (Å²) in [5.41, 5.74) is 0. The number of hydrogen-bond acceptors (Lipinski definition) is 3. The summed E-state index contributed by atoms with van der Waals surface area (Å²) < 4.78 is 4.84. The Morgan fingerprint density at radius 3 is 2.71 bits per heavy atom. The summed E-state index contributed by atoms with van der Waals surface area (Å²) in [6.07, 6.45) is 7.44. The first kappa shape index (κ1) is 11.0. The molecule has 1 fully saturated rings. The van der Waals surface area contributed by atoms with Crippen LogP contribution >= 0.6 is 0 Å². The molecule has 3 heteroatoms. The lowest BCUT2D eigenvalue weighted by Gasteiger charge is -1.99. The fourth-order valence-corrected chi connectivity index (χ4v) is 1.07. The maximum atomic E-state index is 10.9. The van der Waals surface area contributed by atoms with Crippen molar-refractivity contribution in [3.05, 3.63) is 12.2 Å². The van der Waals surface area contributed by atoms with Crippen molar-refractivity contribution in [3.63, 3.8) is 0 Å². The van der Waals surface area contributed by atoms with Crippen LogP contribution in [-0.4, -0.2) is 18.4 Å². The molecule has 0 bridgehead atoms. The molecule has 0 aromatic carbocycles. The number of hydrogen-bond donors (Lipinski definition) is 0. The second kappa shape index (κ2) is 5.58. The number of esters is 1. The average molecular weight is 196 g/mol. The van der Waals surface area contributed by atoms with Crippen LogP contribution in [0.4, 0.5) is 0 Å². The van der Waals surface area contributed by atoms with Crippen LogP contribution in [0.3, 0.4) is 0 Å². The zero-order valence-corrected chi connectivity index (χ0v) is 8.49. The summed E-state index contributed by atoms with van der Waals surface area (Å²) in [5, 5.41) is 0. The SMILES string of the molecule is CC(=O)CC(=O)OCCC=CC1CC1. The Labute approximate surface area is 84.1 Å². The van der Waals surface area contributed by atoms with Gasteiger partial charge in [-0.25, -0.2) is 0 Å². The van der Waals surface area contributed by atoms with E-state index in [2.05, 4.69) is 6.08 Å². The number of carbonyl (C=O) groups is 2. The molecule has 0 heterocycles. The lowest BCUT2D eigenvalue weighted by molar-refractivity contribution is -0.145. The fraction of sp³-hybridized carbons (Fsp3) is 0.636. The van der Waals surface area contributed by atoms with Crippen molar-refractivity contribution >= 4 is 11.8 Å². The predicted molar refractivity (Wildman–Crippen MR) is 52.7 cm³/mol. The molecule has 0 aromatic heterocycles. The third kappa shape index (κ3) is 5.51. The number of Topliss-reactive ketones (excluding diaryl/α,β-unsaturated/α-hetero) is 1. The van der Waals surface area contributed by atoms with E-state index in [-0.39, 0.29) is 12.2 Å².